The van der Waals surface area contributed by atoms with E-state index in [4.69, 9.17) is 10.5 Å². The molecule has 0 aliphatic carbocycles. The first-order chi connectivity index (χ1) is 9.28. The molecule has 1 aromatic carbocycles. The summed E-state index contributed by atoms with van der Waals surface area (Å²) in [6, 6.07) is 10.0. The molecule has 1 unspecified atom stereocenters. The lowest BCUT2D eigenvalue weighted by Gasteiger charge is -2.09. The van der Waals surface area contributed by atoms with Gasteiger partial charge in [-0.25, -0.2) is 9.97 Å². The van der Waals surface area contributed by atoms with Crippen molar-refractivity contribution in [3.05, 3.63) is 54.1 Å². The molecule has 0 spiro atoms. The number of nitrogens with zero attached hydrogens (tertiary/aromatic N) is 2. The second kappa shape index (κ2) is 6.85. The zero-order valence-electron chi connectivity index (χ0n) is 11.1. The average Bonchev–Trinajstić information content (AvgIpc) is 2.47. The van der Waals surface area contributed by atoms with E-state index in [0.29, 0.717) is 12.4 Å². The molecule has 0 saturated carbocycles. The van der Waals surface area contributed by atoms with Crippen LogP contribution in [0.2, 0.25) is 0 Å². The summed E-state index contributed by atoms with van der Waals surface area (Å²) < 4.78 is 5.62. The van der Waals surface area contributed by atoms with Crippen molar-refractivity contribution in [2.45, 2.75) is 32.4 Å². The summed E-state index contributed by atoms with van der Waals surface area (Å²) in [5, 5.41) is 0. The quantitative estimate of drug-likeness (QED) is 0.862. The molecule has 0 bridgehead atoms. The third kappa shape index (κ3) is 4.34. The van der Waals surface area contributed by atoms with Crippen molar-refractivity contribution in [2.75, 3.05) is 0 Å². The fraction of sp³-hybridized carbons (Fsp3) is 0.333. The van der Waals surface area contributed by atoms with E-state index >= 15 is 0 Å². The summed E-state index contributed by atoms with van der Waals surface area (Å²) in [5.74, 6) is 1.50. The van der Waals surface area contributed by atoms with Crippen LogP contribution in [-0.4, -0.2) is 16.0 Å². The van der Waals surface area contributed by atoms with Crippen LogP contribution < -0.4 is 10.5 Å². The van der Waals surface area contributed by atoms with Gasteiger partial charge >= 0.3 is 0 Å². The number of hydrogen-bond acceptors (Lipinski definition) is 4. The number of nitrogens with two attached hydrogens (primary N) is 1. The summed E-state index contributed by atoms with van der Waals surface area (Å²) in [5.41, 5.74) is 7.16. The molecule has 0 aliphatic rings. The first-order valence-corrected chi connectivity index (χ1v) is 6.51. The molecule has 19 heavy (non-hydrogen) atoms. The summed E-state index contributed by atoms with van der Waals surface area (Å²) in [7, 11) is 0. The number of ether oxygens (including phenoxy) is 1. The molecule has 2 rings (SSSR count). The van der Waals surface area contributed by atoms with Gasteiger partial charge in [0.25, 0.3) is 0 Å². The number of aromatic nitrogens is 2. The van der Waals surface area contributed by atoms with Gasteiger partial charge < -0.3 is 10.5 Å². The van der Waals surface area contributed by atoms with E-state index in [1.807, 2.05) is 12.1 Å². The van der Waals surface area contributed by atoms with E-state index in [1.54, 1.807) is 18.5 Å². The average molecular weight is 257 g/mol. The van der Waals surface area contributed by atoms with E-state index < -0.39 is 0 Å². The van der Waals surface area contributed by atoms with Crippen molar-refractivity contribution in [2.24, 2.45) is 5.73 Å². The Morgan fingerprint density at radius 2 is 1.84 bits per heavy atom. The lowest BCUT2D eigenvalue weighted by Crippen LogP contribution is -2.21. The Morgan fingerprint density at radius 3 is 2.47 bits per heavy atom. The van der Waals surface area contributed by atoms with Gasteiger partial charge in [0.2, 0.25) is 0 Å². The fourth-order valence-corrected chi connectivity index (χ4v) is 1.72. The van der Waals surface area contributed by atoms with Gasteiger partial charge in [-0.2, -0.15) is 0 Å². The minimum absolute atomic E-state index is 0.226. The fourth-order valence-electron chi connectivity index (χ4n) is 1.72. The zero-order valence-corrected chi connectivity index (χ0v) is 11.1. The molecule has 0 radical (unpaired) electrons. The first kappa shape index (κ1) is 13.5. The van der Waals surface area contributed by atoms with Gasteiger partial charge in [-0.15, -0.1) is 0 Å². The largest absolute Gasteiger partial charge is 0.486 e. The highest BCUT2D eigenvalue weighted by Gasteiger charge is 2.02. The molecular weight excluding hydrogens is 238 g/mol. The van der Waals surface area contributed by atoms with Crippen molar-refractivity contribution in [1.29, 1.82) is 0 Å². The molecule has 1 heterocycles. The highest BCUT2D eigenvalue weighted by molar-refractivity contribution is 5.27. The van der Waals surface area contributed by atoms with Crippen LogP contribution in [0.3, 0.4) is 0 Å². The van der Waals surface area contributed by atoms with Crippen molar-refractivity contribution in [3.63, 3.8) is 0 Å². The van der Waals surface area contributed by atoms with E-state index in [1.165, 1.54) is 5.56 Å². The third-order valence-electron chi connectivity index (χ3n) is 2.93. The molecule has 1 atom stereocenters. The summed E-state index contributed by atoms with van der Waals surface area (Å²) >= 11 is 0. The SMILES string of the molecule is CCC(N)Cc1ccc(OCc2ncccn2)cc1. The number of hydrogen-bond donors (Lipinski definition) is 1. The van der Waals surface area contributed by atoms with Crippen LogP contribution in [-0.2, 0) is 13.0 Å². The molecule has 2 N–H and O–H groups in total. The van der Waals surface area contributed by atoms with Crippen molar-refractivity contribution in [3.8, 4) is 5.75 Å². The maximum absolute atomic E-state index is 5.93. The van der Waals surface area contributed by atoms with Crippen LogP contribution >= 0.6 is 0 Å². The summed E-state index contributed by atoms with van der Waals surface area (Å²) in [6.45, 7) is 2.48. The lowest BCUT2D eigenvalue weighted by atomic mass is 10.0. The minimum atomic E-state index is 0.226. The van der Waals surface area contributed by atoms with Crippen LogP contribution in [0.15, 0.2) is 42.7 Å². The monoisotopic (exact) mass is 257 g/mol. The molecule has 0 fully saturated rings. The van der Waals surface area contributed by atoms with Gasteiger partial charge in [-0.05, 0) is 36.6 Å². The Morgan fingerprint density at radius 1 is 1.16 bits per heavy atom. The second-order valence-electron chi connectivity index (χ2n) is 4.47. The molecule has 0 amide bonds. The predicted molar refractivity (Wildman–Crippen MR) is 74.8 cm³/mol. The van der Waals surface area contributed by atoms with Gasteiger partial charge in [0.15, 0.2) is 5.82 Å². The second-order valence-corrected chi connectivity index (χ2v) is 4.47. The molecular formula is C15H19N3O. The smallest absolute Gasteiger partial charge is 0.166 e. The predicted octanol–water partition coefficient (Wildman–Crippen LogP) is 2.34. The van der Waals surface area contributed by atoms with E-state index in [-0.39, 0.29) is 6.04 Å². The highest BCUT2D eigenvalue weighted by atomic mass is 16.5. The Labute approximate surface area is 113 Å². The van der Waals surface area contributed by atoms with E-state index in [0.717, 1.165) is 18.6 Å². The van der Waals surface area contributed by atoms with E-state index in [2.05, 4.69) is 29.0 Å². The Bertz CT molecular complexity index is 485. The molecule has 1 aromatic heterocycles. The third-order valence-corrected chi connectivity index (χ3v) is 2.93. The summed E-state index contributed by atoms with van der Waals surface area (Å²) in [6.07, 6.45) is 5.31. The molecule has 2 aromatic rings. The minimum Gasteiger partial charge on any atom is -0.486 e. The van der Waals surface area contributed by atoms with Gasteiger partial charge in [0, 0.05) is 18.4 Å². The van der Waals surface area contributed by atoms with Gasteiger partial charge in [0.1, 0.15) is 12.4 Å². The van der Waals surface area contributed by atoms with Crippen molar-refractivity contribution >= 4 is 0 Å². The van der Waals surface area contributed by atoms with Crippen LogP contribution in [0.1, 0.15) is 24.7 Å². The molecule has 4 nitrogen and oxygen atoms in total. The van der Waals surface area contributed by atoms with Gasteiger partial charge in [0.05, 0.1) is 0 Å². The van der Waals surface area contributed by atoms with Crippen LogP contribution in [0.4, 0.5) is 0 Å². The Balaban J connectivity index is 1.88. The maximum Gasteiger partial charge on any atom is 0.166 e. The van der Waals surface area contributed by atoms with Crippen LogP contribution in [0.5, 0.6) is 5.75 Å². The Hall–Kier alpha value is -1.94. The van der Waals surface area contributed by atoms with Gasteiger partial charge in [-0.3, -0.25) is 0 Å². The van der Waals surface area contributed by atoms with Crippen LogP contribution in [0, 0.1) is 0 Å². The Kier molecular flexibility index (Phi) is 4.86. The molecule has 0 saturated heterocycles. The first-order valence-electron chi connectivity index (χ1n) is 6.51. The maximum atomic E-state index is 5.93. The van der Waals surface area contributed by atoms with Crippen molar-refractivity contribution in [1.82, 2.24) is 9.97 Å². The number of benzene rings is 1. The van der Waals surface area contributed by atoms with E-state index in [9.17, 15) is 0 Å². The topological polar surface area (TPSA) is 61.0 Å². The highest BCUT2D eigenvalue weighted by Crippen LogP contribution is 2.14. The van der Waals surface area contributed by atoms with Crippen LogP contribution in [0.25, 0.3) is 0 Å². The molecule has 100 valence electrons. The molecule has 0 aliphatic heterocycles. The summed E-state index contributed by atoms with van der Waals surface area (Å²) in [4.78, 5) is 8.22. The standard InChI is InChI=1S/C15H19N3O/c1-2-13(16)10-12-4-6-14(7-5-12)19-11-15-17-8-3-9-18-15/h3-9,13H,2,10-11,16H2,1H3. The van der Waals surface area contributed by atoms with Crippen molar-refractivity contribution < 1.29 is 4.74 Å². The lowest BCUT2D eigenvalue weighted by molar-refractivity contribution is 0.295. The number of rotatable bonds is 6. The zero-order chi connectivity index (χ0) is 13.5. The normalized spacial score (nSPS) is 12.1. The molecule has 4 heteroatoms. The van der Waals surface area contributed by atoms with Gasteiger partial charge in [-0.1, -0.05) is 19.1 Å².